The number of ether oxygens (including phenoxy) is 3. The normalized spacial score (nSPS) is 14.9. The number of hydrogen-bond donors (Lipinski definition) is 1. The number of rotatable bonds is 12. The predicted octanol–water partition coefficient (Wildman–Crippen LogP) is 7.05. The van der Waals surface area contributed by atoms with E-state index in [0.29, 0.717) is 19.1 Å². The Bertz CT molecular complexity index is 1570. The molecule has 2 aliphatic rings. The number of fused-ring (bicyclic) bond motifs is 1. The van der Waals surface area contributed by atoms with Crippen LogP contribution in [0.15, 0.2) is 66.7 Å². The highest BCUT2D eigenvalue weighted by molar-refractivity contribution is 6.00. The second-order valence-electron chi connectivity index (χ2n) is 11.6. The lowest BCUT2D eigenvalue weighted by atomic mass is 10.0. The predicted molar refractivity (Wildman–Crippen MR) is 194 cm³/mol. The summed E-state index contributed by atoms with van der Waals surface area (Å²) in [4.78, 5) is 16.2. The van der Waals surface area contributed by atoms with Crippen molar-refractivity contribution in [2.24, 2.45) is 0 Å². The minimum Gasteiger partial charge on any atom is -0.497 e. The number of carbonyl (C=O) groups excluding carboxylic acids is 1. The van der Waals surface area contributed by atoms with Gasteiger partial charge in [0.25, 0.3) is 0 Å². The molecular formula is C35H44Cl3N5O4. The van der Waals surface area contributed by atoms with Crippen molar-refractivity contribution in [2.45, 2.75) is 44.7 Å². The van der Waals surface area contributed by atoms with E-state index in [-0.39, 0.29) is 43.1 Å². The summed E-state index contributed by atoms with van der Waals surface area (Å²) in [5.74, 6) is 3.54. The highest BCUT2D eigenvalue weighted by atomic mass is 35.5. The lowest BCUT2D eigenvalue weighted by Gasteiger charge is -2.32. The zero-order chi connectivity index (χ0) is 30.3. The Morgan fingerprint density at radius 2 is 1.49 bits per heavy atom. The minimum atomic E-state index is 0. The van der Waals surface area contributed by atoms with Crippen LogP contribution in [0.3, 0.4) is 0 Å². The molecule has 6 rings (SSSR count). The molecule has 2 saturated heterocycles. The number of aromatic nitrogens is 2. The largest absolute Gasteiger partial charge is 0.497 e. The molecule has 9 nitrogen and oxygen atoms in total. The standard InChI is InChI=1S/C35H41N5O4.3ClH/c1-42-28-12-8-26(9-13-28)34-31-15-14-30(43-2)23-32(31)35(38-37-34)36-27-16-20-39(21-17-27)24-25-6-10-29(11-7-25)44-22-4-19-40-18-3-5-33(40)41;;;/h6-15,23,27H,3-5,16-22,24H2,1-2H3,(H,36,38);3*1H. The number of nitrogens with one attached hydrogen (secondary N) is 1. The summed E-state index contributed by atoms with van der Waals surface area (Å²) in [5, 5.41) is 15.0. The van der Waals surface area contributed by atoms with Gasteiger partial charge >= 0.3 is 0 Å². The number of amides is 1. The van der Waals surface area contributed by atoms with Crippen molar-refractivity contribution in [1.29, 1.82) is 0 Å². The smallest absolute Gasteiger partial charge is 0.222 e. The van der Waals surface area contributed by atoms with Crippen LogP contribution in [0.2, 0.25) is 0 Å². The van der Waals surface area contributed by atoms with Crippen LogP contribution in [0.4, 0.5) is 5.82 Å². The van der Waals surface area contributed by atoms with Gasteiger partial charge in [-0.15, -0.1) is 47.4 Å². The molecule has 0 aliphatic carbocycles. The summed E-state index contributed by atoms with van der Waals surface area (Å²) >= 11 is 0. The first-order valence-corrected chi connectivity index (χ1v) is 15.6. The van der Waals surface area contributed by atoms with Gasteiger partial charge in [0.15, 0.2) is 5.82 Å². The van der Waals surface area contributed by atoms with Crippen molar-refractivity contribution >= 4 is 59.7 Å². The third-order valence-corrected chi connectivity index (χ3v) is 8.62. The highest BCUT2D eigenvalue weighted by Gasteiger charge is 2.22. The summed E-state index contributed by atoms with van der Waals surface area (Å²) in [6.07, 6.45) is 4.58. The van der Waals surface area contributed by atoms with Crippen molar-refractivity contribution in [1.82, 2.24) is 20.0 Å². The number of halogens is 3. The molecule has 0 unspecified atom stereocenters. The number of nitrogens with zero attached hydrogens (tertiary/aromatic N) is 4. The molecule has 2 fully saturated rings. The summed E-state index contributed by atoms with van der Waals surface area (Å²) in [7, 11) is 3.35. The molecule has 1 N–H and O–H groups in total. The molecule has 47 heavy (non-hydrogen) atoms. The maximum absolute atomic E-state index is 11.7. The molecule has 0 saturated carbocycles. The molecule has 1 aromatic heterocycles. The van der Waals surface area contributed by atoms with Crippen LogP contribution >= 0.6 is 37.2 Å². The van der Waals surface area contributed by atoms with Crippen LogP contribution in [0.5, 0.6) is 17.2 Å². The van der Waals surface area contributed by atoms with E-state index < -0.39 is 0 Å². The maximum atomic E-state index is 11.7. The number of methoxy groups -OCH3 is 2. The van der Waals surface area contributed by atoms with Crippen LogP contribution in [0.1, 0.15) is 37.7 Å². The topological polar surface area (TPSA) is 89.1 Å². The first-order valence-electron chi connectivity index (χ1n) is 15.6. The molecule has 0 spiro atoms. The Labute approximate surface area is 295 Å². The molecule has 0 radical (unpaired) electrons. The van der Waals surface area contributed by atoms with Gasteiger partial charge < -0.3 is 24.4 Å². The van der Waals surface area contributed by atoms with Crippen LogP contribution in [-0.2, 0) is 11.3 Å². The monoisotopic (exact) mass is 703 g/mol. The Morgan fingerprint density at radius 1 is 0.809 bits per heavy atom. The summed E-state index contributed by atoms with van der Waals surface area (Å²) in [6, 6.07) is 22.7. The van der Waals surface area contributed by atoms with Gasteiger partial charge in [0.1, 0.15) is 22.9 Å². The molecule has 3 heterocycles. The zero-order valence-electron chi connectivity index (χ0n) is 26.9. The second-order valence-corrected chi connectivity index (χ2v) is 11.6. The molecule has 3 aromatic carbocycles. The lowest BCUT2D eigenvalue weighted by molar-refractivity contribution is -0.127. The van der Waals surface area contributed by atoms with Gasteiger partial charge in [-0.3, -0.25) is 9.69 Å². The number of anilines is 1. The van der Waals surface area contributed by atoms with E-state index >= 15 is 0 Å². The Morgan fingerprint density at radius 3 is 2.15 bits per heavy atom. The molecule has 12 heteroatoms. The van der Waals surface area contributed by atoms with Crippen molar-refractivity contribution in [3.8, 4) is 28.5 Å². The van der Waals surface area contributed by atoms with Crippen molar-refractivity contribution < 1.29 is 19.0 Å². The minimum absolute atomic E-state index is 0. The van der Waals surface area contributed by atoms with Crippen LogP contribution < -0.4 is 19.5 Å². The summed E-state index contributed by atoms with van der Waals surface area (Å²) in [6.45, 7) is 5.22. The van der Waals surface area contributed by atoms with E-state index in [1.54, 1.807) is 14.2 Å². The van der Waals surface area contributed by atoms with E-state index in [4.69, 9.17) is 14.2 Å². The van der Waals surface area contributed by atoms with E-state index in [9.17, 15) is 4.79 Å². The summed E-state index contributed by atoms with van der Waals surface area (Å²) < 4.78 is 16.8. The number of carbonyl (C=O) groups is 1. The fraction of sp³-hybridized carbons (Fsp3) is 0.400. The quantitative estimate of drug-likeness (QED) is 0.157. The molecule has 4 aromatic rings. The molecule has 1 amide bonds. The van der Waals surface area contributed by atoms with E-state index in [0.717, 1.165) is 104 Å². The third-order valence-electron chi connectivity index (χ3n) is 8.62. The average molecular weight is 705 g/mol. The van der Waals surface area contributed by atoms with E-state index in [1.807, 2.05) is 41.3 Å². The molecule has 0 bridgehead atoms. The summed E-state index contributed by atoms with van der Waals surface area (Å²) in [5.41, 5.74) is 3.10. The molecule has 2 aliphatic heterocycles. The van der Waals surface area contributed by atoms with Crippen molar-refractivity contribution in [3.05, 3.63) is 72.3 Å². The fourth-order valence-corrected chi connectivity index (χ4v) is 6.09. The average Bonchev–Trinajstić information content (AvgIpc) is 3.48. The fourth-order valence-electron chi connectivity index (χ4n) is 6.09. The van der Waals surface area contributed by atoms with Gasteiger partial charge in [-0.05, 0) is 85.8 Å². The number of likely N-dealkylation sites (tertiary alicyclic amines) is 2. The third kappa shape index (κ3) is 9.54. The van der Waals surface area contributed by atoms with Crippen molar-refractivity contribution in [2.75, 3.05) is 52.3 Å². The number of piperidine rings is 1. The van der Waals surface area contributed by atoms with Gasteiger partial charge in [0.05, 0.1) is 20.8 Å². The lowest BCUT2D eigenvalue weighted by Crippen LogP contribution is -2.38. The highest BCUT2D eigenvalue weighted by Crippen LogP contribution is 2.34. The van der Waals surface area contributed by atoms with Gasteiger partial charge in [-0.25, -0.2) is 0 Å². The van der Waals surface area contributed by atoms with Crippen LogP contribution in [-0.4, -0.2) is 79.0 Å². The molecule has 0 atom stereocenters. The number of benzene rings is 3. The zero-order valence-corrected chi connectivity index (χ0v) is 29.3. The van der Waals surface area contributed by atoms with E-state index in [1.165, 1.54) is 5.56 Å². The van der Waals surface area contributed by atoms with Crippen molar-refractivity contribution in [3.63, 3.8) is 0 Å². The molecular weight excluding hydrogens is 661 g/mol. The SMILES string of the molecule is COc1ccc(-c2nnc(NC3CCN(Cc4ccc(OCCCN5CCCC5=O)cc4)CC3)c3cc(OC)ccc23)cc1.Cl.Cl.Cl. The van der Waals surface area contributed by atoms with Gasteiger partial charge in [0, 0.05) is 61.5 Å². The maximum Gasteiger partial charge on any atom is 0.222 e. The Kier molecular flexibility index (Phi) is 14.7. The van der Waals surface area contributed by atoms with E-state index in [2.05, 4.69) is 50.7 Å². The van der Waals surface area contributed by atoms with Gasteiger partial charge in [-0.1, -0.05) is 12.1 Å². The van der Waals surface area contributed by atoms with Crippen LogP contribution in [0.25, 0.3) is 22.0 Å². The first kappa shape index (κ1) is 38.0. The molecule has 254 valence electrons. The first-order chi connectivity index (χ1) is 21.6. The van der Waals surface area contributed by atoms with Crippen LogP contribution in [0, 0.1) is 0 Å². The Balaban J connectivity index is 0.00000200. The van der Waals surface area contributed by atoms with Gasteiger partial charge in [-0.2, -0.15) is 0 Å². The Hall–Kier alpha value is -3.50. The second kappa shape index (κ2) is 18.2. The van der Waals surface area contributed by atoms with Gasteiger partial charge in [0.2, 0.25) is 5.91 Å². The number of hydrogen-bond acceptors (Lipinski definition) is 8.